The average Bonchev–Trinajstić information content (AvgIpc) is 2.62. The third kappa shape index (κ3) is 2.12. The largest absolute Gasteiger partial charge is 0.476 e. The van der Waals surface area contributed by atoms with E-state index in [9.17, 15) is 0 Å². The zero-order chi connectivity index (χ0) is 12.4. The Morgan fingerprint density at radius 3 is 2.82 bits per heavy atom. The van der Waals surface area contributed by atoms with Gasteiger partial charge in [0.1, 0.15) is 23.2 Å². The van der Waals surface area contributed by atoms with E-state index in [-0.39, 0.29) is 6.10 Å². The minimum Gasteiger partial charge on any atom is -0.476 e. The second-order valence-electron chi connectivity index (χ2n) is 4.09. The van der Waals surface area contributed by atoms with E-state index in [0.29, 0.717) is 6.42 Å². The number of nitriles is 1. The first-order valence-electron chi connectivity index (χ1n) is 5.71. The van der Waals surface area contributed by atoms with Gasteiger partial charge in [0.2, 0.25) is 0 Å². The summed E-state index contributed by atoms with van der Waals surface area (Å²) >= 11 is 0. The number of hydrogen-bond donors (Lipinski definition) is 0. The minimum absolute atomic E-state index is 0.388. The van der Waals surface area contributed by atoms with E-state index in [1.54, 1.807) is 0 Å². The zero-order valence-electron chi connectivity index (χ0n) is 10.3. The summed E-state index contributed by atoms with van der Waals surface area (Å²) in [7, 11) is 0. The van der Waals surface area contributed by atoms with Crippen LogP contribution in [-0.2, 0) is 0 Å². The van der Waals surface area contributed by atoms with Crippen LogP contribution >= 0.6 is 0 Å². The van der Waals surface area contributed by atoms with E-state index in [2.05, 4.69) is 6.07 Å². The summed E-state index contributed by atoms with van der Waals surface area (Å²) in [5.74, 6) is 1.64. The summed E-state index contributed by atoms with van der Waals surface area (Å²) in [6.07, 6.45) is 0.290. The SMILES string of the molecule is CCC(C#N)Oc1ccc2oc(C)c(C)c2c1. The summed E-state index contributed by atoms with van der Waals surface area (Å²) in [4.78, 5) is 0. The van der Waals surface area contributed by atoms with Gasteiger partial charge in [-0.25, -0.2) is 0 Å². The number of fused-ring (bicyclic) bond motifs is 1. The Morgan fingerprint density at radius 2 is 2.18 bits per heavy atom. The van der Waals surface area contributed by atoms with Crippen LogP contribution in [0.25, 0.3) is 11.0 Å². The number of furan rings is 1. The number of aryl methyl sites for hydroxylation is 2. The van der Waals surface area contributed by atoms with Crippen molar-refractivity contribution in [3.63, 3.8) is 0 Å². The van der Waals surface area contributed by atoms with Gasteiger partial charge in [-0.3, -0.25) is 0 Å². The van der Waals surface area contributed by atoms with E-state index in [1.165, 1.54) is 0 Å². The monoisotopic (exact) mass is 229 g/mol. The van der Waals surface area contributed by atoms with E-state index >= 15 is 0 Å². The van der Waals surface area contributed by atoms with E-state index in [1.807, 2.05) is 39.0 Å². The molecule has 0 radical (unpaired) electrons. The van der Waals surface area contributed by atoms with Gasteiger partial charge in [-0.05, 0) is 44.0 Å². The van der Waals surface area contributed by atoms with Gasteiger partial charge < -0.3 is 9.15 Å². The van der Waals surface area contributed by atoms with Crippen LogP contribution in [0.4, 0.5) is 0 Å². The molecule has 3 nitrogen and oxygen atoms in total. The predicted octanol–water partition coefficient (Wildman–Crippen LogP) is 3.73. The third-order valence-corrected chi connectivity index (χ3v) is 2.94. The molecule has 1 aromatic heterocycles. The molecule has 1 heterocycles. The topological polar surface area (TPSA) is 46.2 Å². The molecule has 2 aromatic rings. The van der Waals surface area contributed by atoms with Crippen molar-refractivity contribution in [2.75, 3.05) is 0 Å². The highest BCUT2D eigenvalue weighted by atomic mass is 16.5. The molecule has 0 aliphatic rings. The number of benzene rings is 1. The van der Waals surface area contributed by atoms with E-state index in [4.69, 9.17) is 14.4 Å². The molecular weight excluding hydrogens is 214 g/mol. The molecule has 88 valence electrons. The Kier molecular flexibility index (Phi) is 3.06. The van der Waals surface area contributed by atoms with Gasteiger partial charge in [0, 0.05) is 5.39 Å². The van der Waals surface area contributed by atoms with Crippen molar-refractivity contribution < 1.29 is 9.15 Å². The first-order valence-corrected chi connectivity index (χ1v) is 5.71. The predicted molar refractivity (Wildman–Crippen MR) is 66.0 cm³/mol. The molecule has 0 spiro atoms. The van der Waals surface area contributed by atoms with Crippen molar-refractivity contribution >= 4 is 11.0 Å². The average molecular weight is 229 g/mol. The molecule has 1 aromatic carbocycles. The molecular formula is C14H15NO2. The van der Waals surface area contributed by atoms with Crippen molar-refractivity contribution in [2.24, 2.45) is 0 Å². The zero-order valence-corrected chi connectivity index (χ0v) is 10.3. The lowest BCUT2D eigenvalue weighted by Crippen LogP contribution is -2.11. The molecule has 3 heteroatoms. The molecule has 0 aliphatic heterocycles. The van der Waals surface area contributed by atoms with Gasteiger partial charge in [-0.2, -0.15) is 5.26 Å². The van der Waals surface area contributed by atoms with Gasteiger partial charge in [0.25, 0.3) is 0 Å². The molecule has 0 fully saturated rings. The van der Waals surface area contributed by atoms with Gasteiger partial charge in [0.15, 0.2) is 6.10 Å². The highest BCUT2D eigenvalue weighted by molar-refractivity contribution is 5.83. The molecule has 1 atom stereocenters. The summed E-state index contributed by atoms with van der Waals surface area (Å²) in [6, 6.07) is 7.78. The van der Waals surface area contributed by atoms with Gasteiger partial charge >= 0.3 is 0 Å². The van der Waals surface area contributed by atoms with E-state index in [0.717, 1.165) is 28.0 Å². The van der Waals surface area contributed by atoms with Crippen LogP contribution in [0.15, 0.2) is 22.6 Å². The molecule has 1 unspecified atom stereocenters. The highest BCUT2D eigenvalue weighted by Crippen LogP contribution is 2.28. The van der Waals surface area contributed by atoms with Gasteiger partial charge in [-0.1, -0.05) is 6.92 Å². The quantitative estimate of drug-likeness (QED) is 0.805. The normalized spacial score (nSPS) is 12.4. The highest BCUT2D eigenvalue weighted by Gasteiger charge is 2.10. The molecule has 0 N–H and O–H groups in total. The summed E-state index contributed by atoms with van der Waals surface area (Å²) < 4.78 is 11.2. The molecule has 0 amide bonds. The lowest BCUT2D eigenvalue weighted by atomic mass is 10.1. The maximum absolute atomic E-state index is 8.87. The maximum Gasteiger partial charge on any atom is 0.184 e. The van der Waals surface area contributed by atoms with Crippen LogP contribution < -0.4 is 4.74 Å². The summed E-state index contributed by atoms with van der Waals surface area (Å²) in [5.41, 5.74) is 1.98. The van der Waals surface area contributed by atoms with Crippen LogP contribution in [0.2, 0.25) is 0 Å². The number of rotatable bonds is 3. The van der Waals surface area contributed by atoms with Crippen molar-refractivity contribution in [3.8, 4) is 11.8 Å². The molecule has 0 saturated heterocycles. The van der Waals surface area contributed by atoms with E-state index < -0.39 is 0 Å². The van der Waals surface area contributed by atoms with Crippen LogP contribution in [0.1, 0.15) is 24.7 Å². The van der Waals surface area contributed by atoms with Crippen LogP contribution in [0.5, 0.6) is 5.75 Å². The molecule has 0 aliphatic carbocycles. The van der Waals surface area contributed by atoms with Crippen LogP contribution in [-0.4, -0.2) is 6.10 Å². The molecule has 17 heavy (non-hydrogen) atoms. The fourth-order valence-corrected chi connectivity index (χ4v) is 1.76. The Bertz CT molecular complexity index is 578. The Balaban J connectivity index is 2.38. The number of ether oxygens (including phenoxy) is 1. The lowest BCUT2D eigenvalue weighted by Gasteiger charge is -2.09. The Morgan fingerprint density at radius 1 is 1.41 bits per heavy atom. The van der Waals surface area contributed by atoms with Crippen LogP contribution in [0, 0.1) is 25.2 Å². The number of nitrogens with zero attached hydrogens (tertiary/aromatic N) is 1. The fraction of sp³-hybridized carbons (Fsp3) is 0.357. The molecule has 0 saturated carbocycles. The first-order chi connectivity index (χ1) is 8.15. The fourth-order valence-electron chi connectivity index (χ4n) is 1.76. The second-order valence-corrected chi connectivity index (χ2v) is 4.09. The smallest absolute Gasteiger partial charge is 0.184 e. The van der Waals surface area contributed by atoms with Crippen molar-refractivity contribution in [2.45, 2.75) is 33.3 Å². The van der Waals surface area contributed by atoms with Gasteiger partial charge in [-0.15, -0.1) is 0 Å². The van der Waals surface area contributed by atoms with Gasteiger partial charge in [0.05, 0.1) is 0 Å². The standard InChI is InChI=1S/C14H15NO2/c1-4-11(8-15)17-12-5-6-14-13(7-12)9(2)10(3)16-14/h5-7,11H,4H2,1-3H3. The molecule has 2 rings (SSSR count). The Labute approximate surface area is 101 Å². The Hall–Kier alpha value is -1.95. The van der Waals surface area contributed by atoms with Crippen molar-refractivity contribution in [3.05, 3.63) is 29.5 Å². The third-order valence-electron chi connectivity index (χ3n) is 2.94. The van der Waals surface area contributed by atoms with Crippen molar-refractivity contribution in [1.29, 1.82) is 5.26 Å². The van der Waals surface area contributed by atoms with Crippen LogP contribution in [0.3, 0.4) is 0 Å². The number of hydrogen-bond acceptors (Lipinski definition) is 3. The molecule has 0 bridgehead atoms. The minimum atomic E-state index is -0.388. The van der Waals surface area contributed by atoms with Crippen molar-refractivity contribution in [1.82, 2.24) is 0 Å². The maximum atomic E-state index is 8.87. The second kappa shape index (κ2) is 4.50. The lowest BCUT2D eigenvalue weighted by molar-refractivity contribution is 0.252. The summed E-state index contributed by atoms with van der Waals surface area (Å²) in [6.45, 7) is 5.90. The first kappa shape index (κ1) is 11.5. The summed E-state index contributed by atoms with van der Waals surface area (Å²) in [5, 5.41) is 9.91.